The molecule has 0 fully saturated rings. The number of carbonyl (C=O) groups excluding carboxylic acids is 1. The molecule has 3 aromatic rings. The monoisotopic (exact) mass is 562 g/mol. The smallest absolute Gasteiger partial charge is 0.424 e. The van der Waals surface area contributed by atoms with Crippen molar-refractivity contribution in [1.29, 1.82) is 0 Å². The maximum absolute atomic E-state index is 14.5. The number of amides is 1. The summed E-state index contributed by atoms with van der Waals surface area (Å²) in [6, 6.07) is 8.21. The van der Waals surface area contributed by atoms with Gasteiger partial charge in [-0.2, -0.15) is 13.2 Å². The van der Waals surface area contributed by atoms with Crippen LogP contribution in [0.15, 0.2) is 42.6 Å². The molecule has 13 heteroatoms. The molecule has 1 aliphatic rings. The van der Waals surface area contributed by atoms with E-state index in [9.17, 15) is 23.1 Å². The summed E-state index contributed by atoms with van der Waals surface area (Å²) >= 11 is 0. The quantitative estimate of drug-likeness (QED) is 0.309. The van der Waals surface area contributed by atoms with Crippen LogP contribution >= 0.6 is 0 Å². The van der Waals surface area contributed by atoms with Crippen molar-refractivity contribution in [3.63, 3.8) is 0 Å². The second kappa shape index (κ2) is 10.9. The Balaban J connectivity index is 1.72. The van der Waals surface area contributed by atoms with Gasteiger partial charge in [-0.25, -0.2) is 4.98 Å². The molecule has 5 N–H and O–H groups in total. The highest BCUT2D eigenvalue weighted by Crippen LogP contribution is 2.46. The molecular weight excluding hydrogens is 533 g/mol. The van der Waals surface area contributed by atoms with E-state index >= 15 is 0 Å². The van der Waals surface area contributed by atoms with Crippen molar-refractivity contribution in [2.45, 2.75) is 31.2 Å². The Morgan fingerprint density at radius 2 is 1.98 bits per heavy atom. The number of methoxy groups -OCH3 is 1. The lowest BCUT2D eigenvalue weighted by atomic mass is 9.89. The zero-order valence-corrected chi connectivity index (χ0v) is 22.0. The molecule has 0 spiro atoms. The molecule has 0 saturated heterocycles. The van der Waals surface area contributed by atoms with Gasteiger partial charge < -0.3 is 35.5 Å². The number of hydrogen-bond donors (Lipinski definition) is 4. The number of aromatic nitrogens is 2. The second-order valence-corrected chi connectivity index (χ2v) is 9.60. The van der Waals surface area contributed by atoms with E-state index in [1.54, 1.807) is 26.0 Å². The average Bonchev–Trinajstić information content (AvgIpc) is 3.23. The largest absolute Gasteiger partial charge is 0.493 e. The first-order valence-corrected chi connectivity index (χ1v) is 12.2. The summed E-state index contributed by atoms with van der Waals surface area (Å²) in [6.07, 6.45) is -3.76. The van der Waals surface area contributed by atoms with Gasteiger partial charge in [0.2, 0.25) is 5.60 Å². The van der Waals surface area contributed by atoms with Crippen molar-refractivity contribution in [3.8, 4) is 28.5 Å². The summed E-state index contributed by atoms with van der Waals surface area (Å²) in [5.41, 5.74) is 2.09. The lowest BCUT2D eigenvalue weighted by Crippen LogP contribution is -2.51. The number of pyridine rings is 2. The highest BCUT2D eigenvalue weighted by molar-refractivity contribution is 5.95. The molecule has 1 aliphatic heterocycles. The third kappa shape index (κ3) is 5.53. The molecule has 4 rings (SSSR count). The van der Waals surface area contributed by atoms with Gasteiger partial charge in [-0.05, 0) is 50.2 Å². The number of aryl methyl sites for hydroxylation is 1. The SMILES string of the molecule is COc1cc(C(=O)NCC(O)(c2cc3c(c(-c4ccnc(C)c4)n2)OCC3(C)N)C(F)(F)F)ccc1OCCO. The Morgan fingerprint density at radius 3 is 2.62 bits per heavy atom. The molecule has 40 heavy (non-hydrogen) atoms. The molecule has 0 saturated carbocycles. The summed E-state index contributed by atoms with van der Waals surface area (Å²) in [7, 11) is 1.32. The minimum absolute atomic E-state index is 0.00837. The molecule has 2 unspecified atom stereocenters. The van der Waals surface area contributed by atoms with Crippen molar-refractivity contribution < 1.29 is 42.4 Å². The van der Waals surface area contributed by atoms with Crippen LogP contribution in [0.3, 0.4) is 0 Å². The van der Waals surface area contributed by atoms with Crippen molar-refractivity contribution >= 4 is 5.91 Å². The van der Waals surface area contributed by atoms with Crippen LogP contribution in [0, 0.1) is 6.92 Å². The Kier molecular flexibility index (Phi) is 7.92. The first kappa shape index (κ1) is 29.1. The Morgan fingerprint density at radius 1 is 1.23 bits per heavy atom. The number of aliphatic hydroxyl groups excluding tert-OH is 1. The Bertz CT molecular complexity index is 1420. The number of rotatable bonds is 9. The lowest BCUT2D eigenvalue weighted by molar-refractivity contribution is -0.265. The van der Waals surface area contributed by atoms with Gasteiger partial charge in [-0.3, -0.25) is 9.78 Å². The maximum Gasteiger partial charge on any atom is 0.424 e. The second-order valence-electron chi connectivity index (χ2n) is 9.60. The summed E-state index contributed by atoms with van der Waals surface area (Å²) in [5.74, 6) is -0.337. The van der Waals surface area contributed by atoms with Gasteiger partial charge >= 0.3 is 6.18 Å². The van der Waals surface area contributed by atoms with Crippen LogP contribution in [-0.2, 0) is 11.1 Å². The number of halogens is 3. The number of alkyl halides is 3. The van der Waals surface area contributed by atoms with Gasteiger partial charge in [0.15, 0.2) is 17.2 Å². The number of ether oxygens (including phenoxy) is 3. The summed E-state index contributed by atoms with van der Waals surface area (Å²) in [6.45, 7) is 1.77. The van der Waals surface area contributed by atoms with E-state index in [-0.39, 0.29) is 53.9 Å². The molecule has 0 radical (unpaired) electrons. The van der Waals surface area contributed by atoms with Crippen LogP contribution in [0.4, 0.5) is 13.2 Å². The lowest BCUT2D eigenvalue weighted by Gasteiger charge is -2.31. The van der Waals surface area contributed by atoms with Crippen molar-refractivity contribution in [2.24, 2.45) is 5.73 Å². The zero-order chi connectivity index (χ0) is 29.3. The number of nitrogens with two attached hydrogens (primary N) is 1. The van der Waals surface area contributed by atoms with E-state index in [0.717, 1.165) is 6.07 Å². The molecule has 3 heterocycles. The molecule has 2 aromatic heterocycles. The fourth-order valence-electron chi connectivity index (χ4n) is 4.23. The Hall–Kier alpha value is -3.94. The van der Waals surface area contributed by atoms with E-state index in [1.165, 1.54) is 31.5 Å². The third-order valence-corrected chi connectivity index (χ3v) is 6.45. The molecule has 0 bridgehead atoms. The first-order valence-electron chi connectivity index (χ1n) is 12.2. The molecule has 1 amide bonds. The van der Waals surface area contributed by atoms with E-state index in [4.69, 9.17) is 25.1 Å². The van der Waals surface area contributed by atoms with Crippen LogP contribution in [0.2, 0.25) is 0 Å². The molecular formula is C27H29F3N4O6. The first-order chi connectivity index (χ1) is 18.8. The number of hydrogen-bond acceptors (Lipinski definition) is 9. The van der Waals surface area contributed by atoms with Gasteiger partial charge in [0.25, 0.3) is 5.91 Å². The van der Waals surface area contributed by atoms with Crippen LogP contribution in [-0.4, -0.2) is 65.7 Å². The molecule has 2 atom stereocenters. The fourth-order valence-corrected chi connectivity index (χ4v) is 4.23. The number of fused-ring (bicyclic) bond motifs is 1. The van der Waals surface area contributed by atoms with Crippen LogP contribution < -0.4 is 25.3 Å². The highest BCUT2D eigenvalue weighted by atomic mass is 19.4. The third-order valence-electron chi connectivity index (χ3n) is 6.45. The van der Waals surface area contributed by atoms with Crippen molar-refractivity contribution in [1.82, 2.24) is 15.3 Å². The minimum atomic E-state index is -5.24. The highest BCUT2D eigenvalue weighted by Gasteiger charge is 2.57. The summed E-state index contributed by atoms with van der Waals surface area (Å²) in [4.78, 5) is 21.2. The van der Waals surface area contributed by atoms with E-state index < -0.39 is 35.5 Å². The average molecular weight is 563 g/mol. The summed E-state index contributed by atoms with van der Waals surface area (Å²) in [5, 5.41) is 22.2. The van der Waals surface area contributed by atoms with E-state index in [1.807, 2.05) is 0 Å². The standard InChI is InChI=1S/C27H29F3N4O6/c1-15-10-16(6-7-32-15)22-23-18(25(2,31)14-40-23)12-21(34-22)26(37,27(28,29)30)13-33-24(36)17-4-5-19(39-9-8-35)20(11-17)38-3/h4-7,10-12,35,37H,8-9,13-14,31H2,1-3H3,(H,33,36). The number of benzene rings is 1. The molecule has 214 valence electrons. The maximum atomic E-state index is 14.5. The van der Waals surface area contributed by atoms with Gasteiger partial charge in [-0.15, -0.1) is 0 Å². The minimum Gasteiger partial charge on any atom is -0.493 e. The number of nitrogens with one attached hydrogen (secondary N) is 1. The van der Waals surface area contributed by atoms with Gasteiger partial charge in [0.05, 0.1) is 31.5 Å². The van der Waals surface area contributed by atoms with E-state index in [0.29, 0.717) is 11.3 Å². The van der Waals surface area contributed by atoms with Crippen LogP contribution in [0.1, 0.15) is 34.2 Å². The Labute approximate surface area is 227 Å². The fraction of sp³-hybridized carbons (Fsp3) is 0.370. The van der Waals surface area contributed by atoms with Crippen molar-refractivity contribution in [3.05, 3.63) is 65.1 Å². The normalized spacial score (nSPS) is 17.9. The topological polar surface area (TPSA) is 149 Å². The van der Waals surface area contributed by atoms with E-state index in [2.05, 4.69) is 15.3 Å². The number of carbonyl (C=O) groups is 1. The van der Waals surface area contributed by atoms with Crippen molar-refractivity contribution in [2.75, 3.05) is 33.5 Å². The number of nitrogens with zero attached hydrogens (tertiary/aromatic N) is 2. The summed E-state index contributed by atoms with van der Waals surface area (Å²) < 4.78 is 59.7. The molecule has 10 nitrogen and oxygen atoms in total. The predicted octanol–water partition coefficient (Wildman–Crippen LogP) is 2.58. The predicted molar refractivity (Wildman–Crippen MR) is 137 cm³/mol. The van der Waals surface area contributed by atoms with Gasteiger partial charge in [-0.1, -0.05) is 0 Å². The van der Waals surface area contributed by atoms with Crippen LogP contribution in [0.25, 0.3) is 11.3 Å². The zero-order valence-electron chi connectivity index (χ0n) is 22.0. The van der Waals surface area contributed by atoms with Gasteiger partial charge in [0.1, 0.15) is 18.9 Å². The number of aliphatic hydroxyl groups is 2. The molecule has 1 aromatic carbocycles. The van der Waals surface area contributed by atoms with Crippen LogP contribution in [0.5, 0.6) is 17.2 Å². The molecule has 0 aliphatic carbocycles. The van der Waals surface area contributed by atoms with Gasteiger partial charge in [0, 0.05) is 28.6 Å².